The first-order chi connectivity index (χ1) is 22.8. The van der Waals surface area contributed by atoms with Crippen molar-refractivity contribution >= 4 is 69.9 Å². The van der Waals surface area contributed by atoms with E-state index >= 15 is 0 Å². The number of rotatable bonds is 5. The molecule has 1 aromatic heterocycles. The second-order valence-electron chi connectivity index (χ2n) is 12.0. The lowest BCUT2D eigenvalue weighted by molar-refractivity contribution is 1.28. The van der Waals surface area contributed by atoms with Gasteiger partial charge in [0.05, 0.1) is 0 Å². The van der Waals surface area contributed by atoms with Crippen molar-refractivity contribution in [3.63, 3.8) is 0 Å². The molecule has 0 bridgehead atoms. The summed E-state index contributed by atoms with van der Waals surface area (Å²) in [4.78, 5) is 0. The van der Waals surface area contributed by atoms with Crippen molar-refractivity contribution in [2.75, 3.05) is 0 Å². The number of hydrogen-bond donors (Lipinski definition) is 0. The van der Waals surface area contributed by atoms with Crippen LogP contribution in [0.15, 0.2) is 164 Å². The molecule has 0 aliphatic carbocycles. The van der Waals surface area contributed by atoms with Gasteiger partial charge in [-0.2, -0.15) is 0 Å². The first kappa shape index (κ1) is 26.9. The van der Waals surface area contributed by atoms with Crippen molar-refractivity contribution in [2.45, 2.75) is 6.42 Å². The molecule has 8 aromatic carbocycles. The molecule has 0 saturated heterocycles. The van der Waals surface area contributed by atoms with Crippen molar-refractivity contribution in [3.8, 4) is 22.3 Å². The molecular weight excluding hydrogens is 573 g/mol. The number of benzene rings is 8. The van der Waals surface area contributed by atoms with E-state index in [0.29, 0.717) is 0 Å². The maximum Gasteiger partial charge on any atom is 0.0361 e. The van der Waals surface area contributed by atoms with Crippen molar-refractivity contribution in [1.82, 2.24) is 0 Å². The normalized spacial score (nSPS) is 11.9. The summed E-state index contributed by atoms with van der Waals surface area (Å²) in [6, 6.07) is 57.6. The second kappa shape index (κ2) is 11.1. The molecule has 0 unspecified atom stereocenters. The Hall–Kier alpha value is -5.50. The second-order valence-corrected chi connectivity index (χ2v) is 13.0. The average molecular weight is 603 g/mol. The van der Waals surface area contributed by atoms with Crippen LogP contribution in [-0.4, -0.2) is 0 Å². The summed E-state index contributed by atoms with van der Waals surface area (Å²) in [6.07, 6.45) is 5.58. The zero-order valence-corrected chi connectivity index (χ0v) is 26.1. The molecule has 0 fully saturated rings. The molecule has 0 spiro atoms. The van der Waals surface area contributed by atoms with Crippen LogP contribution in [0.5, 0.6) is 0 Å². The van der Waals surface area contributed by atoms with Crippen LogP contribution < -0.4 is 0 Å². The smallest absolute Gasteiger partial charge is 0.0361 e. The van der Waals surface area contributed by atoms with Gasteiger partial charge in [0, 0.05) is 20.2 Å². The zero-order valence-electron chi connectivity index (χ0n) is 25.3. The summed E-state index contributed by atoms with van der Waals surface area (Å²) < 4.78 is 2.68. The fraction of sp³-hybridized carbons (Fsp3) is 0.0222. The van der Waals surface area contributed by atoms with Crippen LogP contribution in [0.3, 0.4) is 0 Å². The van der Waals surface area contributed by atoms with E-state index in [1.807, 2.05) is 11.3 Å². The van der Waals surface area contributed by atoms with Gasteiger partial charge in [-0.05, 0) is 84.3 Å². The summed E-state index contributed by atoms with van der Waals surface area (Å²) in [7, 11) is 0. The molecule has 0 N–H and O–H groups in total. The van der Waals surface area contributed by atoms with Gasteiger partial charge in [-0.15, -0.1) is 11.3 Å². The molecule has 1 heterocycles. The van der Waals surface area contributed by atoms with E-state index in [2.05, 4.69) is 170 Å². The van der Waals surface area contributed by atoms with E-state index in [1.165, 1.54) is 85.9 Å². The first-order valence-corrected chi connectivity index (χ1v) is 16.7. The van der Waals surface area contributed by atoms with E-state index in [-0.39, 0.29) is 0 Å². The topological polar surface area (TPSA) is 0 Å². The lowest BCUT2D eigenvalue weighted by Gasteiger charge is -2.17. The lowest BCUT2D eigenvalue weighted by Crippen LogP contribution is -1.92. The quantitative estimate of drug-likeness (QED) is 0.136. The molecule has 216 valence electrons. The van der Waals surface area contributed by atoms with Crippen molar-refractivity contribution < 1.29 is 0 Å². The minimum atomic E-state index is 0.846. The SMILES string of the molecule is C(=C\c1c2ccccc2c(-c2ccccc2)c2c1ccc1ccccc12)/Cc1ccccc1-c1cccc2sc3ccccc3c12. The van der Waals surface area contributed by atoms with Gasteiger partial charge in [0.15, 0.2) is 0 Å². The Morgan fingerprint density at radius 1 is 0.435 bits per heavy atom. The summed E-state index contributed by atoms with van der Waals surface area (Å²) in [6.45, 7) is 0. The van der Waals surface area contributed by atoms with Gasteiger partial charge in [-0.25, -0.2) is 0 Å². The van der Waals surface area contributed by atoms with E-state index in [1.54, 1.807) is 0 Å². The summed E-state index contributed by atoms with van der Waals surface area (Å²) in [5.74, 6) is 0. The van der Waals surface area contributed by atoms with Crippen LogP contribution in [-0.2, 0) is 6.42 Å². The van der Waals surface area contributed by atoms with Crippen LogP contribution in [0.25, 0.3) is 80.8 Å². The van der Waals surface area contributed by atoms with E-state index in [0.717, 1.165) is 6.42 Å². The van der Waals surface area contributed by atoms with Gasteiger partial charge in [0.2, 0.25) is 0 Å². The van der Waals surface area contributed by atoms with Crippen molar-refractivity contribution in [1.29, 1.82) is 0 Å². The molecule has 9 rings (SSSR count). The van der Waals surface area contributed by atoms with Crippen LogP contribution in [0.2, 0.25) is 0 Å². The highest BCUT2D eigenvalue weighted by atomic mass is 32.1. The van der Waals surface area contributed by atoms with Gasteiger partial charge in [-0.1, -0.05) is 158 Å². The predicted molar refractivity (Wildman–Crippen MR) is 202 cm³/mol. The number of allylic oxidation sites excluding steroid dienone is 1. The maximum atomic E-state index is 2.37. The molecule has 0 aliphatic rings. The minimum absolute atomic E-state index is 0.846. The van der Waals surface area contributed by atoms with E-state index in [4.69, 9.17) is 0 Å². The van der Waals surface area contributed by atoms with E-state index < -0.39 is 0 Å². The maximum absolute atomic E-state index is 2.37. The largest absolute Gasteiger partial charge is 0.135 e. The van der Waals surface area contributed by atoms with Gasteiger partial charge < -0.3 is 0 Å². The molecule has 0 saturated carbocycles. The Morgan fingerprint density at radius 3 is 2.00 bits per heavy atom. The van der Waals surface area contributed by atoms with Gasteiger partial charge in [0.1, 0.15) is 0 Å². The average Bonchev–Trinajstić information content (AvgIpc) is 3.51. The van der Waals surface area contributed by atoms with Gasteiger partial charge in [-0.3, -0.25) is 0 Å². The molecule has 0 radical (unpaired) electrons. The number of hydrogen-bond acceptors (Lipinski definition) is 1. The van der Waals surface area contributed by atoms with Crippen molar-refractivity contribution in [2.24, 2.45) is 0 Å². The zero-order chi connectivity index (χ0) is 30.5. The third-order valence-corrected chi connectivity index (χ3v) is 10.5. The van der Waals surface area contributed by atoms with Crippen LogP contribution in [0, 0.1) is 0 Å². The van der Waals surface area contributed by atoms with Crippen molar-refractivity contribution in [3.05, 3.63) is 175 Å². The number of fused-ring (bicyclic) bond motifs is 7. The van der Waals surface area contributed by atoms with Crippen LogP contribution >= 0.6 is 11.3 Å². The van der Waals surface area contributed by atoms with E-state index in [9.17, 15) is 0 Å². The Morgan fingerprint density at radius 2 is 1.11 bits per heavy atom. The van der Waals surface area contributed by atoms with Gasteiger partial charge in [0.25, 0.3) is 0 Å². The summed E-state index contributed by atoms with van der Waals surface area (Å²) in [5.41, 5.74) is 7.79. The first-order valence-electron chi connectivity index (χ1n) is 15.9. The standard InChI is InChI=1S/C45H30S/c1-2-16-32(17-3-1)43-38-22-9-8-21-35(38)36(39-29-28-31-15-5-7-20-34(31)45(39)43)24-12-18-30-14-4-6-19-33(30)37-25-13-27-42-44(37)40-23-10-11-26-41(40)46-42/h1-17,19-29H,18H2/b24-12+. The molecular formula is C45H30S. The van der Waals surface area contributed by atoms with Crippen LogP contribution in [0.4, 0.5) is 0 Å². The third kappa shape index (κ3) is 4.35. The molecule has 9 aromatic rings. The lowest BCUT2D eigenvalue weighted by atomic mass is 9.86. The highest BCUT2D eigenvalue weighted by molar-refractivity contribution is 7.25. The monoisotopic (exact) mass is 602 g/mol. The molecule has 0 atom stereocenters. The summed E-state index contributed by atoms with van der Waals surface area (Å²) in [5, 5.41) is 10.4. The van der Waals surface area contributed by atoms with Gasteiger partial charge >= 0.3 is 0 Å². The highest BCUT2D eigenvalue weighted by Gasteiger charge is 2.17. The fourth-order valence-electron chi connectivity index (χ4n) is 7.33. The number of thiophene rings is 1. The molecule has 0 nitrogen and oxygen atoms in total. The fourth-order valence-corrected chi connectivity index (χ4v) is 8.46. The summed E-state index contributed by atoms with van der Waals surface area (Å²) >= 11 is 1.88. The Labute approximate surface area is 272 Å². The Bertz CT molecular complexity index is 2600. The molecule has 0 aliphatic heterocycles. The highest BCUT2D eigenvalue weighted by Crippen LogP contribution is 2.44. The minimum Gasteiger partial charge on any atom is -0.135 e. The Kier molecular flexibility index (Phi) is 6.51. The molecule has 0 amide bonds. The predicted octanol–water partition coefficient (Wildman–Crippen LogP) is 13.1. The Balaban J connectivity index is 1.22. The van der Waals surface area contributed by atoms with Crippen LogP contribution in [0.1, 0.15) is 11.1 Å². The third-order valence-electron chi connectivity index (χ3n) is 9.35. The molecule has 1 heteroatoms. The molecule has 46 heavy (non-hydrogen) atoms.